The van der Waals surface area contributed by atoms with Crippen LogP contribution in [0.5, 0.6) is 0 Å². The number of alkyl halides is 2. The van der Waals surface area contributed by atoms with E-state index in [1.54, 1.807) is 6.07 Å². The summed E-state index contributed by atoms with van der Waals surface area (Å²) in [7, 11) is 1.28. The molecule has 2 unspecified atom stereocenters. The highest BCUT2D eigenvalue weighted by atomic mass is 19.3. The summed E-state index contributed by atoms with van der Waals surface area (Å²) in [6.07, 6.45) is -1.73. The zero-order valence-electron chi connectivity index (χ0n) is 11.3. The minimum Gasteiger partial charge on any atom is -0.468 e. The van der Waals surface area contributed by atoms with E-state index in [1.807, 2.05) is 13.8 Å². The first-order valence-corrected chi connectivity index (χ1v) is 6.21. The fourth-order valence-corrected chi connectivity index (χ4v) is 1.69. The van der Waals surface area contributed by atoms with E-state index in [1.165, 1.54) is 25.3 Å². The number of methoxy groups -OCH3 is 1. The molecule has 0 aliphatic heterocycles. The molecule has 2 atom stereocenters. The topological polar surface area (TPSA) is 38.3 Å². The second-order valence-corrected chi connectivity index (χ2v) is 4.40. The molecule has 0 amide bonds. The molecule has 3 nitrogen and oxygen atoms in total. The summed E-state index contributed by atoms with van der Waals surface area (Å²) < 4.78 is 30.1. The Bertz CT molecular complexity index is 424. The molecule has 19 heavy (non-hydrogen) atoms. The van der Waals surface area contributed by atoms with Crippen LogP contribution in [-0.4, -0.2) is 19.1 Å². The van der Waals surface area contributed by atoms with E-state index < -0.39 is 18.4 Å². The Kier molecular flexibility index (Phi) is 5.89. The van der Waals surface area contributed by atoms with Crippen molar-refractivity contribution in [2.45, 2.75) is 38.8 Å². The maximum absolute atomic E-state index is 12.7. The first-order valence-electron chi connectivity index (χ1n) is 6.21. The Hall–Kier alpha value is -1.49. The Morgan fingerprint density at radius 2 is 2.00 bits per heavy atom. The van der Waals surface area contributed by atoms with Gasteiger partial charge in [0.05, 0.1) is 7.11 Å². The van der Waals surface area contributed by atoms with Crippen LogP contribution in [0, 0.1) is 0 Å². The van der Waals surface area contributed by atoms with Gasteiger partial charge in [0.2, 0.25) is 0 Å². The van der Waals surface area contributed by atoms with Crippen molar-refractivity contribution in [3.63, 3.8) is 0 Å². The number of esters is 1. The third-order valence-electron chi connectivity index (χ3n) is 3.00. The maximum atomic E-state index is 12.7. The Labute approximate surface area is 112 Å². The fourth-order valence-electron chi connectivity index (χ4n) is 1.69. The van der Waals surface area contributed by atoms with Crippen molar-refractivity contribution >= 4 is 5.97 Å². The third-order valence-corrected chi connectivity index (χ3v) is 3.00. The van der Waals surface area contributed by atoms with Crippen LogP contribution in [0.4, 0.5) is 8.78 Å². The summed E-state index contributed by atoms with van der Waals surface area (Å²) in [5, 5.41) is 3.08. The summed E-state index contributed by atoms with van der Waals surface area (Å²) in [5.74, 6) is -0.480. The molecule has 0 heterocycles. The number of carbonyl (C=O) groups excluding carboxylic acids is 1. The van der Waals surface area contributed by atoms with Gasteiger partial charge in [-0.15, -0.1) is 0 Å². The van der Waals surface area contributed by atoms with Gasteiger partial charge >= 0.3 is 5.97 Å². The van der Waals surface area contributed by atoms with Gasteiger partial charge in [-0.3, -0.25) is 5.32 Å². The van der Waals surface area contributed by atoms with E-state index in [2.05, 4.69) is 5.32 Å². The van der Waals surface area contributed by atoms with E-state index >= 15 is 0 Å². The van der Waals surface area contributed by atoms with Gasteiger partial charge in [0.25, 0.3) is 6.43 Å². The second-order valence-electron chi connectivity index (χ2n) is 4.40. The molecule has 1 N–H and O–H groups in total. The predicted molar refractivity (Wildman–Crippen MR) is 69.0 cm³/mol. The second kappa shape index (κ2) is 7.19. The Morgan fingerprint density at radius 1 is 1.37 bits per heavy atom. The minimum absolute atomic E-state index is 0.0827. The molecule has 0 aliphatic carbocycles. The van der Waals surface area contributed by atoms with Crippen molar-refractivity contribution in [2.75, 3.05) is 7.11 Å². The quantitative estimate of drug-likeness (QED) is 0.807. The van der Waals surface area contributed by atoms with Gasteiger partial charge in [-0.05, 0) is 25.0 Å². The van der Waals surface area contributed by atoms with Crippen LogP contribution < -0.4 is 5.32 Å². The van der Waals surface area contributed by atoms with Gasteiger partial charge in [0.15, 0.2) is 0 Å². The van der Waals surface area contributed by atoms with Crippen molar-refractivity contribution in [3.8, 4) is 0 Å². The molecule has 0 radical (unpaired) electrons. The molecule has 0 fully saturated rings. The standard InChI is InChI=1S/C14H19F2NO2/c1-4-9(2)17-12(14(18)19-3)10-6-5-7-11(8-10)13(15)16/h5-9,12-13,17H,4H2,1-3H3. The Balaban J connectivity index is 3.03. The van der Waals surface area contributed by atoms with Gasteiger partial charge in [-0.25, -0.2) is 13.6 Å². The van der Waals surface area contributed by atoms with E-state index in [0.29, 0.717) is 5.56 Å². The lowest BCUT2D eigenvalue weighted by Crippen LogP contribution is -2.35. The highest BCUT2D eigenvalue weighted by Crippen LogP contribution is 2.23. The number of halogens is 2. The average Bonchev–Trinajstić information content (AvgIpc) is 2.43. The number of benzene rings is 1. The molecule has 106 valence electrons. The van der Waals surface area contributed by atoms with Gasteiger partial charge < -0.3 is 4.74 Å². The lowest BCUT2D eigenvalue weighted by Gasteiger charge is -2.21. The van der Waals surface area contributed by atoms with Crippen LogP contribution in [0.1, 0.15) is 43.9 Å². The van der Waals surface area contributed by atoms with E-state index in [0.717, 1.165) is 6.42 Å². The van der Waals surface area contributed by atoms with Crippen LogP contribution in [-0.2, 0) is 9.53 Å². The summed E-state index contributed by atoms with van der Waals surface area (Å²) >= 11 is 0. The number of rotatable bonds is 6. The number of hydrogen-bond acceptors (Lipinski definition) is 3. The van der Waals surface area contributed by atoms with Crippen molar-refractivity contribution in [1.82, 2.24) is 5.32 Å². The van der Waals surface area contributed by atoms with Crippen LogP contribution in [0.25, 0.3) is 0 Å². The third kappa shape index (κ3) is 4.28. The molecular formula is C14H19F2NO2. The van der Waals surface area contributed by atoms with Gasteiger partial charge in [0, 0.05) is 11.6 Å². The number of hydrogen-bond donors (Lipinski definition) is 1. The number of nitrogens with one attached hydrogen (secondary N) is 1. The lowest BCUT2D eigenvalue weighted by molar-refractivity contribution is -0.143. The summed E-state index contributed by atoms with van der Waals surface area (Å²) in [5.41, 5.74) is 0.391. The molecular weight excluding hydrogens is 252 g/mol. The highest BCUT2D eigenvalue weighted by molar-refractivity contribution is 5.77. The first kappa shape index (κ1) is 15.6. The largest absolute Gasteiger partial charge is 0.468 e. The molecule has 0 aromatic heterocycles. The highest BCUT2D eigenvalue weighted by Gasteiger charge is 2.23. The molecule has 0 saturated heterocycles. The molecule has 0 bridgehead atoms. The van der Waals surface area contributed by atoms with Gasteiger partial charge in [-0.1, -0.05) is 25.1 Å². The average molecular weight is 271 g/mol. The normalized spacial score (nSPS) is 14.2. The molecule has 1 aromatic rings. The summed E-state index contributed by atoms with van der Waals surface area (Å²) in [6.45, 7) is 3.90. The lowest BCUT2D eigenvalue weighted by atomic mass is 10.0. The van der Waals surface area contributed by atoms with E-state index in [4.69, 9.17) is 4.74 Å². The van der Waals surface area contributed by atoms with E-state index in [9.17, 15) is 13.6 Å². The van der Waals surface area contributed by atoms with E-state index in [-0.39, 0.29) is 11.6 Å². The fraction of sp³-hybridized carbons (Fsp3) is 0.500. The minimum atomic E-state index is -2.55. The Morgan fingerprint density at radius 3 is 2.53 bits per heavy atom. The van der Waals surface area contributed by atoms with Gasteiger partial charge in [-0.2, -0.15) is 0 Å². The monoisotopic (exact) mass is 271 g/mol. The first-order chi connectivity index (χ1) is 8.99. The maximum Gasteiger partial charge on any atom is 0.327 e. The van der Waals surface area contributed by atoms with Crippen LogP contribution >= 0.6 is 0 Å². The van der Waals surface area contributed by atoms with Gasteiger partial charge in [0.1, 0.15) is 6.04 Å². The molecule has 0 saturated carbocycles. The zero-order chi connectivity index (χ0) is 14.4. The predicted octanol–water partition coefficient (Wildman–Crippen LogP) is 3.23. The number of ether oxygens (including phenoxy) is 1. The van der Waals surface area contributed by atoms with Crippen LogP contribution in [0.2, 0.25) is 0 Å². The van der Waals surface area contributed by atoms with Crippen molar-refractivity contribution < 1.29 is 18.3 Å². The SMILES string of the molecule is CCC(C)NC(C(=O)OC)c1cccc(C(F)F)c1. The summed E-state index contributed by atoms with van der Waals surface area (Å²) in [6, 6.07) is 5.19. The van der Waals surface area contributed by atoms with Crippen LogP contribution in [0.3, 0.4) is 0 Å². The molecule has 0 spiro atoms. The van der Waals surface area contributed by atoms with Crippen molar-refractivity contribution in [2.24, 2.45) is 0 Å². The molecule has 1 aromatic carbocycles. The van der Waals surface area contributed by atoms with Crippen molar-refractivity contribution in [3.05, 3.63) is 35.4 Å². The molecule has 1 rings (SSSR count). The van der Waals surface area contributed by atoms with Crippen molar-refractivity contribution in [1.29, 1.82) is 0 Å². The molecule has 5 heteroatoms. The van der Waals surface area contributed by atoms with Crippen LogP contribution in [0.15, 0.2) is 24.3 Å². The smallest absolute Gasteiger partial charge is 0.327 e. The number of carbonyl (C=O) groups is 1. The zero-order valence-corrected chi connectivity index (χ0v) is 11.3. The summed E-state index contributed by atoms with van der Waals surface area (Å²) in [4.78, 5) is 11.8. The molecule has 0 aliphatic rings.